The van der Waals surface area contributed by atoms with E-state index in [0.717, 1.165) is 20.2 Å². The fourth-order valence-electron chi connectivity index (χ4n) is 4.01. The smallest absolute Gasteiger partial charge is 0.382 e. The van der Waals surface area contributed by atoms with Crippen LogP contribution in [-0.4, -0.2) is 72.2 Å². The number of hydrogen-bond donors (Lipinski definition) is 7. The largest absolute Gasteiger partial charge is 0.490 e. The molecule has 4 rings (SSSR count). The van der Waals surface area contributed by atoms with Crippen LogP contribution in [0.4, 0.5) is 5.82 Å². The average Bonchev–Trinajstić information content (AvgIpc) is 2.90. The molecule has 1 saturated heterocycles. The summed E-state index contributed by atoms with van der Waals surface area (Å²) >= 11 is 0. The van der Waals surface area contributed by atoms with Crippen molar-refractivity contribution in [2.75, 3.05) is 5.73 Å². The van der Waals surface area contributed by atoms with E-state index in [1.807, 2.05) is 0 Å². The SMILES string of the molecule is CC1(O)C(n2cnc3c(N)ncnc32)OC2C(C)(OP(=O)(O)OP(=O)(O)OP(=O)(O)O)C21O. The number of phosphoric ester groups is 1. The van der Waals surface area contributed by atoms with Crippen molar-refractivity contribution in [1.29, 1.82) is 0 Å². The molecule has 2 aromatic rings. The zero-order chi connectivity index (χ0) is 24.8. The summed E-state index contributed by atoms with van der Waals surface area (Å²) < 4.78 is 53.5. The van der Waals surface area contributed by atoms with Crippen molar-refractivity contribution in [2.24, 2.45) is 0 Å². The van der Waals surface area contributed by atoms with Crippen LogP contribution in [0.2, 0.25) is 0 Å². The van der Waals surface area contributed by atoms with Crippen molar-refractivity contribution in [1.82, 2.24) is 19.5 Å². The number of ether oxygens (including phenoxy) is 1. The third kappa shape index (κ3) is 3.77. The van der Waals surface area contributed by atoms with Crippen molar-refractivity contribution in [2.45, 2.75) is 43.0 Å². The molecule has 33 heavy (non-hydrogen) atoms. The van der Waals surface area contributed by atoms with Crippen molar-refractivity contribution < 1.29 is 61.4 Å². The van der Waals surface area contributed by atoms with Gasteiger partial charge in [-0.25, -0.2) is 28.6 Å². The summed E-state index contributed by atoms with van der Waals surface area (Å²) in [5.41, 5.74) is -0.727. The Kier molecular flexibility index (Phi) is 5.31. The number of anilines is 1. The van der Waals surface area contributed by atoms with Crippen LogP contribution in [0.5, 0.6) is 0 Å². The lowest BCUT2D eigenvalue weighted by Crippen LogP contribution is -2.51. The van der Waals surface area contributed by atoms with E-state index in [4.69, 9.17) is 24.8 Å². The summed E-state index contributed by atoms with van der Waals surface area (Å²) in [6.07, 6.45) is -0.479. The minimum absolute atomic E-state index is 0.0396. The highest BCUT2D eigenvalue weighted by Crippen LogP contribution is 2.74. The normalized spacial score (nSPS) is 37.5. The minimum Gasteiger partial charge on any atom is -0.382 e. The summed E-state index contributed by atoms with van der Waals surface area (Å²) in [7, 11) is -17.0. The van der Waals surface area contributed by atoms with Crippen LogP contribution in [0, 0.1) is 0 Å². The second kappa shape index (κ2) is 7.08. The minimum atomic E-state index is -5.79. The van der Waals surface area contributed by atoms with E-state index in [0.29, 0.717) is 0 Å². The topological polar surface area (TPSA) is 279 Å². The van der Waals surface area contributed by atoms with E-state index in [-0.39, 0.29) is 17.0 Å². The Morgan fingerprint density at radius 2 is 1.70 bits per heavy atom. The Bertz CT molecular complexity index is 1280. The van der Waals surface area contributed by atoms with Crippen molar-refractivity contribution in [3.05, 3.63) is 12.7 Å². The first kappa shape index (κ1) is 24.8. The van der Waals surface area contributed by atoms with E-state index < -0.39 is 52.6 Å². The van der Waals surface area contributed by atoms with Gasteiger partial charge in [-0.15, -0.1) is 0 Å². The van der Waals surface area contributed by atoms with Crippen molar-refractivity contribution in [3.63, 3.8) is 0 Å². The van der Waals surface area contributed by atoms with Crippen LogP contribution in [0.1, 0.15) is 20.1 Å². The molecule has 1 aliphatic carbocycles. The lowest BCUT2D eigenvalue weighted by atomic mass is 9.92. The molecule has 18 nitrogen and oxygen atoms in total. The molecule has 0 bridgehead atoms. The summed E-state index contributed by atoms with van der Waals surface area (Å²) in [5.74, 6) is 0.0396. The third-order valence-electron chi connectivity index (χ3n) is 5.43. The van der Waals surface area contributed by atoms with Crippen molar-refractivity contribution in [3.8, 4) is 0 Å². The van der Waals surface area contributed by atoms with Crippen LogP contribution in [-0.2, 0) is 31.6 Å². The maximum Gasteiger partial charge on any atom is 0.490 e. The number of imidazole rings is 1. The van der Waals surface area contributed by atoms with E-state index >= 15 is 0 Å². The van der Waals surface area contributed by atoms with E-state index in [1.54, 1.807) is 0 Å². The van der Waals surface area contributed by atoms with Crippen LogP contribution in [0.3, 0.4) is 0 Å². The molecule has 2 aromatic heterocycles. The molecule has 7 atom stereocenters. The first-order chi connectivity index (χ1) is 14.8. The lowest BCUT2D eigenvalue weighted by molar-refractivity contribution is -0.175. The summed E-state index contributed by atoms with van der Waals surface area (Å²) in [4.78, 5) is 48.1. The number of hydrogen-bond acceptors (Lipinski definition) is 13. The summed E-state index contributed by atoms with van der Waals surface area (Å²) in [5, 5.41) is 22.2. The standard InChI is InChI=1S/C12H18N5O13P3/c1-10(18)9(17-4-16-5-6(13)14-3-15-7(5)17)27-8-11(2,12(8,10)19)28-32(23,24)30-33(25,26)29-31(20,21)22/h3-4,8-9,18-19H,1-2H3,(H,23,24)(H,25,26)(H2,13,14,15)(H2,20,21,22). The number of rotatable bonds is 7. The van der Waals surface area contributed by atoms with Gasteiger partial charge in [0, 0.05) is 0 Å². The first-order valence-electron chi connectivity index (χ1n) is 8.72. The molecular formula is C12H18N5O13P3. The molecule has 8 N–H and O–H groups in total. The highest BCUT2D eigenvalue weighted by atomic mass is 31.3. The first-order valence-corrected chi connectivity index (χ1v) is 13.2. The van der Waals surface area contributed by atoms with Crippen LogP contribution in [0.15, 0.2) is 12.7 Å². The van der Waals surface area contributed by atoms with Gasteiger partial charge in [0.1, 0.15) is 29.2 Å². The zero-order valence-electron chi connectivity index (χ0n) is 16.6. The maximum atomic E-state index is 12.2. The molecule has 7 unspecified atom stereocenters. The molecule has 184 valence electrons. The highest BCUT2D eigenvalue weighted by Gasteiger charge is 2.91. The van der Waals surface area contributed by atoms with Crippen LogP contribution >= 0.6 is 23.5 Å². The molecule has 0 spiro atoms. The van der Waals surface area contributed by atoms with Gasteiger partial charge in [-0.3, -0.25) is 9.09 Å². The Morgan fingerprint density at radius 1 is 1.06 bits per heavy atom. The molecule has 2 aliphatic rings. The number of nitrogens with two attached hydrogens (primary N) is 1. The van der Waals surface area contributed by atoms with Gasteiger partial charge in [-0.1, -0.05) is 0 Å². The number of nitrogens with zero attached hydrogens (tertiary/aromatic N) is 4. The molecule has 0 amide bonds. The number of aliphatic hydroxyl groups is 2. The van der Waals surface area contributed by atoms with Crippen molar-refractivity contribution >= 4 is 40.4 Å². The quantitative estimate of drug-likeness (QED) is 0.208. The predicted molar refractivity (Wildman–Crippen MR) is 103 cm³/mol. The second-order valence-corrected chi connectivity index (χ2v) is 12.0. The van der Waals surface area contributed by atoms with Gasteiger partial charge in [0.15, 0.2) is 23.3 Å². The molecule has 0 radical (unpaired) electrons. The van der Waals surface area contributed by atoms with Gasteiger partial charge in [-0.2, -0.15) is 8.62 Å². The lowest BCUT2D eigenvalue weighted by Gasteiger charge is -2.36. The van der Waals surface area contributed by atoms with Gasteiger partial charge >= 0.3 is 23.5 Å². The molecular weight excluding hydrogens is 515 g/mol. The number of phosphoric acid groups is 3. The fraction of sp³-hybridized carbons (Fsp3) is 0.583. The number of nitrogen functional groups attached to an aromatic ring is 1. The molecule has 21 heteroatoms. The van der Waals surface area contributed by atoms with E-state index in [2.05, 4.69) is 23.6 Å². The summed E-state index contributed by atoms with van der Waals surface area (Å²) in [6.45, 7) is 2.16. The zero-order valence-corrected chi connectivity index (χ0v) is 19.2. The summed E-state index contributed by atoms with van der Waals surface area (Å²) in [6, 6.07) is 0. The molecule has 1 aliphatic heterocycles. The molecule has 3 heterocycles. The Balaban J connectivity index is 1.59. The number of aromatic nitrogens is 4. The number of fused-ring (bicyclic) bond motifs is 2. The van der Waals surface area contributed by atoms with Gasteiger partial charge in [0.25, 0.3) is 0 Å². The Morgan fingerprint density at radius 3 is 2.24 bits per heavy atom. The Hall–Kier alpha value is -1.36. The molecule has 1 saturated carbocycles. The fourth-order valence-corrected chi connectivity index (χ4v) is 7.37. The second-order valence-electron chi connectivity index (χ2n) is 7.65. The van der Waals surface area contributed by atoms with Gasteiger partial charge < -0.3 is 40.3 Å². The average molecular weight is 533 g/mol. The van der Waals surface area contributed by atoms with Crippen LogP contribution in [0.25, 0.3) is 11.2 Å². The van der Waals surface area contributed by atoms with Gasteiger partial charge in [-0.05, 0) is 13.8 Å². The van der Waals surface area contributed by atoms with Gasteiger partial charge in [0.2, 0.25) is 0 Å². The maximum absolute atomic E-state index is 12.2. The van der Waals surface area contributed by atoms with E-state index in [1.165, 1.54) is 10.9 Å². The predicted octanol–water partition coefficient (Wildman–Crippen LogP) is -1.10. The van der Waals surface area contributed by atoms with E-state index in [9.17, 15) is 33.7 Å². The third-order valence-corrected chi connectivity index (χ3v) is 9.37. The van der Waals surface area contributed by atoms with Gasteiger partial charge in [0.05, 0.1) is 6.33 Å². The molecule has 2 fully saturated rings. The Labute approximate surface area is 183 Å². The molecule has 0 aromatic carbocycles. The monoisotopic (exact) mass is 533 g/mol. The highest BCUT2D eigenvalue weighted by molar-refractivity contribution is 7.66. The van der Waals surface area contributed by atoms with Crippen LogP contribution < -0.4 is 5.73 Å².